The molecule has 0 heterocycles. The lowest BCUT2D eigenvalue weighted by molar-refractivity contribution is 0.0996. The Balaban J connectivity index is 3.28. The number of sulfone groups is 1. The third-order valence-electron chi connectivity index (χ3n) is 2.63. The van der Waals surface area contributed by atoms with E-state index in [1.54, 1.807) is 13.8 Å². The average molecular weight is 285 g/mol. The van der Waals surface area contributed by atoms with Gasteiger partial charge in [-0.15, -0.1) is 0 Å². The largest absolute Gasteiger partial charge is 0.493 e. The second kappa shape index (κ2) is 6.06. The zero-order valence-corrected chi connectivity index (χ0v) is 12.2. The Hall–Kier alpha value is -1.56. The number of primary amides is 1. The van der Waals surface area contributed by atoms with Crippen molar-refractivity contribution in [1.82, 2.24) is 0 Å². The molecule has 2 N–H and O–H groups in total. The summed E-state index contributed by atoms with van der Waals surface area (Å²) in [5.74, 6) is -0.385. The molecule has 0 spiro atoms. The standard InChI is InChI=1S/C13H19NO4S/c1-4-7-18-12-6-5-10(8-11(12)13(14)15)19(16,17)9(2)3/h5-6,8-9H,4,7H2,1-3H3,(H2,14,15). The quantitative estimate of drug-likeness (QED) is 0.862. The van der Waals surface area contributed by atoms with E-state index < -0.39 is 21.0 Å². The number of ether oxygens (including phenoxy) is 1. The van der Waals surface area contributed by atoms with Crippen LogP contribution in [0.15, 0.2) is 23.1 Å². The number of hydrogen-bond donors (Lipinski definition) is 1. The number of hydrogen-bond acceptors (Lipinski definition) is 4. The van der Waals surface area contributed by atoms with E-state index in [0.717, 1.165) is 6.42 Å². The molecule has 0 aliphatic carbocycles. The highest BCUT2D eigenvalue weighted by Gasteiger charge is 2.22. The number of benzene rings is 1. The number of rotatable bonds is 6. The summed E-state index contributed by atoms with van der Waals surface area (Å²) in [7, 11) is -3.43. The van der Waals surface area contributed by atoms with E-state index in [2.05, 4.69) is 0 Å². The van der Waals surface area contributed by atoms with Crippen molar-refractivity contribution in [2.24, 2.45) is 5.73 Å². The van der Waals surface area contributed by atoms with Gasteiger partial charge in [0.25, 0.3) is 5.91 Å². The Kier molecular flexibility index (Phi) is 4.94. The van der Waals surface area contributed by atoms with E-state index in [-0.39, 0.29) is 10.5 Å². The maximum absolute atomic E-state index is 12.0. The summed E-state index contributed by atoms with van der Waals surface area (Å²) in [5.41, 5.74) is 5.35. The molecule has 0 aliphatic heterocycles. The van der Waals surface area contributed by atoms with Crippen molar-refractivity contribution in [2.45, 2.75) is 37.3 Å². The van der Waals surface area contributed by atoms with Gasteiger partial charge in [0.05, 0.1) is 22.3 Å². The minimum Gasteiger partial charge on any atom is -0.493 e. The SMILES string of the molecule is CCCOc1ccc(S(=O)(=O)C(C)C)cc1C(N)=O. The summed E-state index contributed by atoms with van der Waals surface area (Å²) < 4.78 is 29.5. The molecule has 0 radical (unpaired) electrons. The van der Waals surface area contributed by atoms with Crippen LogP contribution in [0.5, 0.6) is 5.75 Å². The molecule has 1 aromatic rings. The first-order chi connectivity index (χ1) is 8.80. The molecule has 0 fully saturated rings. The zero-order chi connectivity index (χ0) is 14.6. The molecule has 19 heavy (non-hydrogen) atoms. The van der Waals surface area contributed by atoms with Crippen LogP contribution in [0.2, 0.25) is 0 Å². The summed E-state index contributed by atoms with van der Waals surface area (Å²) in [6, 6.07) is 4.19. The van der Waals surface area contributed by atoms with Crippen LogP contribution in [0.4, 0.5) is 0 Å². The lowest BCUT2D eigenvalue weighted by Gasteiger charge is -2.12. The highest BCUT2D eigenvalue weighted by atomic mass is 32.2. The van der Waals surface area contributed by atoms with Crippen LogP contribution in [0, 0.1) is 0 Å². The molecule has 1 amide bonds. The lowest BCUT2D eigenvalue weighted by atomic mass is 10.2. The molecule has 1 rings (SSSR count). The van der Waals surface area contributed by atoms with Gasteiger partial charge in [-0.05, 0) is 38.5 Å². The molecule has 0 atom stereocenters. The fourth-order valence-corrected chi connectivity index (χ4v) is 2.57. The van der Waals surface area contributed by atoms with Crippen molar-refractivity contribution in [3.05, 3.63) is 23.8 Å². The molecular formula is C13H19NO4S. The number of carbonyl (C=O) groups excluding carboxylic acids is 1. The summed E-state index contributed by atoms with van der Waals surface area (Å²) in [6.07, 6.45) is 0.782. The first kappa shape index (κ1) is 15.5. The second-order valence-corrected chi connectivity index (χ2v) is 6.97. The van der Waals surface area contributed by atoms with Crippen molar-refractivity contribution in [1.29, 1.82) is 0 Å². The molecular weight excluding hydrogens is 266 g/mol. The third-order valence-corrected chi connectivity index (χ3v) is 4.78. The summed E-state index contributed by atoms with van der Waals surface area (Å²) in [4.78, 5) is 11.5. The van der Waals surface area contributed by atoms with Crippen LogP contribution >= 0.6 is 0 Å². The minimum atomic E-state index is -3.43. The number of amides is 1. The maximum atomic E-state index is 12.0. The van der Waals surface area contributed by atoms with Gasteiger partial charge in [-0.1, -0.05) is 6.92 Å². The third kappa shape index (κ3) is 3.47. The van der Waals surface area contributed by atoms with Crippen LogP contribution in [0.3, 0.4) is 0 Å². The van der Waals surface area contributed by atoms with E-state index in [0.29, 0.717) is 12.4 Å². The van der Waals surface area contributed by atoms with Crippen LogP contribution in [0.1, 0.15) is 37.6 Å². The number of carbonyl (C=O) groups is 1. The van der Waals surface area contributed by atoms with Gasteiger partial charge in [0.1, 0.15) is 5.75 Å². The van der Waals surface area contributed by atoms with Gasteiger partial charge in [0.15, 0.2) is 9.84 Å². The van der Waals surface area contributed by atoms with Crippen LogP contribution in [-0.4, -0.2) is 26.2 Å². The first-order valence-corrected chi connectivity index (χ1v) is 7.65. The highest BCUT2D eigenvalue weighted by molar-refractivity contribution is 7.92. The first-order valence-electron chi connectivity index (χ1n) is 6.11. The van der Waals surface area contributed by atoms with Crippen molar-refractivity contribution in [2.75, 3.05) is 6.61 Å². The fraction of sp³-hybridized carbons (Fsp3) is 0.462. The van der Waals surface area contributed by atoms with E-state index >= 15 is 0 Å². The van der Waals surface area contributed by atoms with E-state index in [9.17, 15) is 13.2 Å². The van der Waals surface area contributed by atoms with E-state index in [4.69, 9.17) is 10.5 Å². The Morgan fingerprint density at radius 3 is 2.47 bits per heavy atom. The van der Waals surface area contributed by atoms with Crippen LogP contribution < -0.4 is 10.5 Å². The number of nitrogens with two attached hydrogens (primary N) is 1. The Morgan fingerprint density at radius 1 is 1.37 bits per heavy atom. The highest BCUT2D eigenvalue weighted by Crippen LogP contribution is 2.24. The molecule has 0 aliphatic rings. The van der Waals surface area contributed by atoms with Gasteiger partial charge >= 0.3 is 0 Å². The molecule has 0 saturated carbocycles. The smallest absolute Gasteiger partial charge is 0.252 e. The van der Waals surface area contributed by atoms with Gasteiger partial charge in [-0.2, -0.15) is 0 Å². The summed E-state index contributed by atoms with van der Waals surface area (Å²) in [6.45, 7) is 5.54. The predicted molar refractivity (Wildman–Crippen MR) is 73.1 cm³/mol. The predicted octanol–water partition coefficient (Wildman–Crippen LogP) is 1.76. The van der Waals surface area contributed by atoms with Crippen LogP contribution in [-0.2, 0) is 9.84 Å². The van der Waals surface area contributed by atoms with Gasteiger partial charge in [-0.25, -0.2) is 8.42 Å². The van der Waals surface area contributed by atoms with Crippen molar-refractivity contribution >= 4 is 15.7 Å². The summed E-state index contributed by atoms with van der Waals surface area (Å²) >= 11 is 0. The normalized spacial score (nSPS) is 11.6. The Labute approximate surface area is 113 Å². The monoisotopic (exact) mass is 285 g/mol. The van der Waals surface area contributed by atoms with Crippen molar-refractivity contribution in [3.8, 4) is 5.75 Å². The maximum Gasteiger partial charge on any atom is 0.252 e. The molecule has 6 heteroatoms. The molecule has 0 saturated heterocycles. The van der Waals surface area contributed by atoms with Crippen LogP contribution in [0.25, 0.3) is 0 Å². The topological polar surface area (TPSA) is 86.5 Å². The second-order valence-electron chi connectivity index (χ2n) is 4.46. The molecule has 0 bridgehead atoms. The van der Waals surface area contributed by atoms with Crippen molar-refractivity contribution in [3.63, 3.8) is 0 Å². The zero-order valence-electron chi connectivity index (χ0n) is 11.3. The van der Waals surface area contributed by atoms with E-state index in [1.165, 1.54) is 18.2 Å². The summed E-state index contributed by atoms with van der Waals surface area (Å²) in [5, 5.41) is -0.560. The lowest BCUT2D eigenvalue weighted by Crippen LogP contribution is -2.17. The minimum absolute atomic E-state index is 0.0835. The fourth-order valence-electron chi connectivity index (χ4n) is 1.49. The van der Waals surface area contributed by atoms with E-state index in [1.807, 2.05) is 6.92 Å². The Morgan fingerprint density at radius 2 is 2.00 bits per heavy atom. The molecule has 5 nitrogen and oxygen atoms in total. The Bertz CT molecular complexity index is 564. The average Bonchev–Trinajstić information content (AvgIpc) is 2.35. The van der Waals surface area contributed by atoms with Crippen molar-refractivity contribution < 1.29 is 17.9 Å². The molecule has 1 aromatic carbocycles. The molecule has 0 aromatic heterocycles. The van der Waals surface area contributed by atoms with Gasteiger partial charge in [0, 0.05) is 0 Å². The van der Waals surface area contributed by atoms with Gasteiger partial charge in [-0.3, -0.25) is 4.79 Å². The molecule has 0 unspecified atom stereocenters. The van der Waals surface area contributed by atoms with Gasteiger partial charge in [0.2, 0.25) is 0 Å². The van der Waals surface area contributed by atoms with Gasteiger partial charge < -0.3 is 10.5 Å². The molecule has 106 valence electrons.